The molecule has 0 spiro atoms. The summed E-state index contributed by atoms with van der Waals surface area (Å²) in [6, 6.07) is 7.77. The van der Waals surface area contributed by atoms with Crippen LogP contribution in [-0.2, 0) is 14.6 Å². The van der Waals surface area contributed by atoms with Gasteiger partial charge in [-0.2, -0.15) is 0 Å². The third-order valence-corrected chi connectivity index (χ3v) is 7.04. The highest BCUT2D eigenvalue weighted by atomic mass is 79.9. The average Bonchev–Trinajstić information content (AvgIpc) is 3.10. The van der Waals surface area contributed by atoms with Gasteiger partial charge in [-0.3, -0.25) is 0 Å². The number of benzene rings is 1. The third-order valence-electron chi connectivity index (χ3n) is 4.19. The smallest absolute Gasteiger partial charge is 0.154 e. The van der Waals surface area contributed by atoms with E-state index in [9.17, 15) is 8.42 Å². The maximum absolute atomic E-state index is 12.3. The minimum absolute atomic E-state index is 0.0782. The van der Waals surface area contributed by atoms with Gasteiger partial charge in [0.25, 0.3) is 0 Å². The van der Waals surface area contributed by atoms with Gasteiger partial charge in [-0.15, -0.1) is 0 Å². The summed E-state index contributed by atoms with van der Waals surface area (Å²) in [6.07, 6.45) is 0. The van der Waals surface area contributed by atoms with Crippen LogP contribution in [0.4, 0.5) is 0 Å². The molecular weight excluding hydrogens is 342 g/mol. The zero-order valence-corrected chi connectivity index (χ0v) is 14.1. The zero-order chi connectivity index (χ0) is 15.0. The van der Waals surface area contributed by atoms with Crippen molar-refractivity contribution < 1.29 is 13.2 Å². The van der Waals surface area contributed by atoms with Crippen molar-refractivity contribution >= 4 is 25.8 Å². The Kier molecular flexibility index (Phi) is 4.59. The van der Waals surface area contributed by atoms with Crippen LogP contribution in [-0.4, -0.2) is 39.7 Å². The van der Waals surface area contributed by atoms with Gasteiger partial charge in [-0.25, -0.2) is 8.42 Å². The molecule has 0 heterocycles. The van der Waals surface area contributed by atoms with Crippen molar-refractivity contribution in [3.63, 3.8) is 0 Å². The van der Waals surface area contributed by atoms with Gasteiger partial charge in [0.1, 0.15) is 0 Å². The number of sulfone groups is 1. The Hall–Kier alpha value is -0.430. The molecule has 1 aromatic rings. The molecule has 1 fully saturated rings. The fourth-order valence-electron chi connectivity index (χ4n) is 3.12. The van der Waals surface area contributed by atoms with Gasteiger partial charge in [-0.1, -0.05) is 35.0 Å². The molecule has 1 aliphatic carbocycles. The average molecular weight is 362 g/mol. The van der Waals surface area contributed by atoms with Crippen molar-refractivity contribution in [3.05, 3.63) is 34.3 Å². The third kappa shape index (κ3) is 2.54. The fraction of sp³-hybridized carbons (Fsp3) is 0.571. The summed E-state index contributed by atoms with van der Waals surface area (Å²) < 4.78 is 30.9. The van der Waals surface area contributed by atoms with Crippen LogP contribution < -0.4 is 5.73 Å². The van der Waals surface area contributed by atoms with Crippen molar-refractivity contribution in [1.29, 1.82) is 0 Å². The molecule has 0 saturated heterocycles. The van der Waals surface area contributed by atoms with Crippen LogP contribution in [0.15, 0.2) is 28.7 Å². The predicted octanol–water partition coefficient (Wildman–Crippen LogP) is 1.94. The molecule has 0 radical (unpaired) electrons. The van der Waals surface area contributed by atoms with Crippen molar-refractivity contribution in [2.75, 3.05) is 26.0 Å². The molecule has 2 N–H and O–H groups in total. The van der Waals surface area contributed by atoms with Crippen LogP contribution >= 0.6 is 15.9 Å². The van der Waals surface area contributed by atoms with Crippen LogP contribution in [0.3, 0.4) is 0 Å². The lowest BCUT2D eigenvalue weighted by Gasteiger charge is -2.14. The number of nitrogens with two attached hydrogens (primary N) is 1. The van der Waals surface area contributed by atoms with Gasteiger partial charge in [0.2, 0.25) is 0 Å². The lowest BCUT2D eigenvalue weighted by molar-refractivity contribution is 0.142. The van der Waals surface area contributed by atoms with Gasteiger partial charge < -0.3 is 10.5 Å². The SMILES string of the molecule is CCS(=O)(=O)[C@@H]1[C@H](c2ccc(Br)cc2)[C@]1(CN)COC. The van der Waals surface area contributed by atoms with E-state index < -0.39 is 20.5 Å². The van der Waals surface area contributed by atoms with E-state index in [1.54, 1.807) is 14.0 Å². The Balaban J connectivity index is 2.42. The standard InChI is InChI=1S/C14H20BrNO3S/c1-3-20(17,18)13-12(14(13,8-16)9-19-2)10-4-6-11(15)7-5-10/h4-7,12-13H,3,8-9,16H2,1-2H3/t12-,13+,14-/m0/s1. The lowest BCUT2D eigenvalue weighted by atomic mass is 10.0. The van der Waals surface area contributed by atoms with Gasteiger partial charge in [0.05, 0.1) is 11.9 Å². The summed E-state index contributed by atoms with van der Waals surface area (Å²) in [7, 11) is -1.56. The number of halogens is 1. The zero-order valence-electron chi connectivity index (χ0n) is 11.7. The molecule has 0 aliphatic heterocycles. The minimum Gasteiger partial charge on any atom is -0.384 e. The highest BCUT2D eigenvalue weighted by Crippen LogP contribution is 2.62. The summed E-state index contributed by atoms with van der Waals surface area (Å²) in [4.78, 5) is 0. The summed E-state index contributed by atoms with van der Waals surface area (Å²) in [5, 5.41) is -0.439. The lowest BCUT2D eigenvalue weighted by Crippen LogP contribution is -2.28. The van der Waals surface area contributed by atoms with E-state index in [1.165, 1.54) is 0 Å². The molecule has 0 aromatic heterocycles. The van der Waals surface area contributed by atoms with E-state index in [4.69, 9.17) is 10.5 Å². The van der Waals surface area contributed by atoms with Gasteiger partial charge in [0.15, 0.2) is 9.84 Å². The van der Waals surface area contributed by atoms with E-state index in [0.29, 0.717) is 13.2 Å². The molecule has 1 saturated carbocycles. The van der Waals surface area contributed by atoms with E-state index in [1.807, 2.05) is 24.3 Å². The minimum atomic E-state index is -3.15. The molecule has 1 aromatic carbocycles. The fourth-order valence-corrected chi connectivity index (χ4v) is 5.53. The molecule has 2 rings (SSSR count). The second-order valence-electron chi connectivity index (χ2n) is 5.27. The van der Waals surface area contributed by atoms with E-state index in [-0.39, 0.29) is 11.7 Å². The monoisotopic (exact) mass is 361 g/mol. The number of hydrogen-bond donors (Lipinski definition) is 1. The molecule has 0 bridgehead atoms. The largest absolute Gasteiger partial charge is 0.384 e. The Morgan fingerprint density at radius 3 is 2.40 bits per heavy atom. The van der Waals surface area contributed by atoms with Crippen LogP contribution in [0.5, 0.6) is 0 Å². The molecule has 20 heavy (non-hydrogen) atoms. The summed E-state index contributed by atoms with van der Waals surface area (Å²) in [5.74, 6) is 0.0568. The second-order valence-corrected chi connectivity index (χ2v) is 8.60. The predicted molar refractivity (Wildman–Crippen MR) is 83.5 cm³/mol. The molecule has 3 atom stereocenters. The Morgan fingerprint density at radius 2 is 1.95 bits per heavy atom. The Morgan fingerprint density at radius 1 is 1.35 bits per heavy atom. The van der Waals surface area contributed by atoms with E-state index >= 15 is 0 Å². The maximum atomic E-state index is 12.3. The first-order chi connectivity index (χ1) is 9.43. The van der Waals surface area contributed by atoms with E-state index in [2.05, 4.69) is 15.9 Å². The first kappa shape index (κ1) is 15.9. The first-order valence-corrected chi connectivity index (χ1v) is 9.10. The van der Waals surface area contributed by atoms with Crippen molar-refractivity contribution in [2.24, 2.45) is 11.1 Å². The molecular formula is C14H20BrNO3S. The number of methoxy groups -OCH3 is 1. The molecule has 0 unspecified atom stereocenters. The van der Waals surface area contributed by atoms with Crippen LogP contribution in [0.1, 0.15) is 18.4 Å². The van der Waals surface area contributed by atoms with Gasteiger partial charge in [-0.05, 0) is 17.7 Å². The number of hydrogen-bond acceptors (Lipinski definition) is 4. The van der Waals surface area contributed by atoms with Crippen molar-refractivity contribution in [3.8, 4) is 0 Å². The van der Waals surface area contributed by atoms with Crippen LogP contribution in [0, 0.1) is 5.41 Å². The summed E-state index contributed by atoms with van der Waals surface area (Å²) in [5.41, 5.74) is 6.42. The molecule has 1 aliphatic rings. The van der Waals surface area contributed by atoms with Crippen LogP contribution in [0.2, 0.25) is 0 Å². The summed E-state index contributed by atoms with van der Waals surface area (Å²) in [6.45, 7) is 2.36. The molecule has 0 amide bonds. The van der Waals surface area contributed by atoms with Crippen molar-refractivity contribution in [2.45, 2.75) is 18.1 Å². The second kappa shape index (κ2) is 5.75. The molecule has 112 valence electrons. The normalized spacial score (nSPS) is 29.4. The topological polar surface area (TPSA) is 69.4 Å². The van der Waals surface area contributed by atoms with Gasteiger partial charge in [0, 0.05) is 35.2 Å². The van der Waals surface area contributed by atoms with Gasteiger partial charge >= 0.3 is 0 Å². The maximum Gasteiger partial charge on any atom is 0.154 e. The van der Waals surface area contributed by atoms with E-state index in [0.717, 1.165) is 10.0 Å². The highest BCUT2D eigenvalue weighted by Gasteiger charge is 2.69. The van der Waals surface area contributed by atoms with Crippen molar-refractivity contribution in [1.82, 2.24) is 0 Å². The Bertz CT molecular complexity index is 573. The molecule has 4 nitrogen and oxygen atoms in total. The number of rotatable bonds is 6. The van der Waals surface area contributed by atoms with Crippen LogP contribution in [0.25, 0.3) is 0 Å². The first-order valence-electron chi connectivity index (χ1n) is 6.59. The quantitative estimate of drug-likeness (QED) is 0.840. The Labute approximate surface area is 128 Å². The summed E-state index contributed by atoms with van der Waals surface area (Å²) >= 11 is 3.39. The molecule has 6 heteroatoms. The highest BCUT2D eigenvalue weighted by molar-refractivity contribution is 9.10. The number of ether oxygens (including phenoxy) is 1.